The van der Waals surface area contributed by atoms with Gasteiger partial charge < -0.3 is 5.73 Å². The number of aromatic nitrogens is 3. The van der Waals surface area contributed by atoms with Gasteiger partial charge in [0, 0.05) is 6.04 Å². The Bertz CT molecular complexity index is 542. The van der Waals surface area contributed by atoms with E-state index in [4.69, 9.17) is 5.73 Å². The molecule has 4 nitrogen and oxygen atoms in total. The molecule has 1 heterocycles. The quantitative estimate of drug-likeness (QED) is 0.916. The summed E-state index contributed by atoms with van der Waals surface area (Å²) in [7, 11) is 0. The van der Waals surface area contributed by atoms with Crippen molar-refractivity contribution in [2.24, 2.45) is 5.73 Å². The van der Waals surface area contributed by atoms with Gasteiger partial charge in [-0.05, 0) is 32.8 Å². The van der Waals surface area contributed by atoms with Crippen LogP contribution in [0.4, 0.5) is 0 Å². The molecule has 0 bridgehead atoms. The van der Waals surface area contributed by atoms with Gasteiger partial charge in [0.2, 0.25) is 0 Å². The second kappa shape index (κ2) is 5.53. The first-order valence-electron chi connectivity index (χ1n) is 6.74. The van der Waals surface area contributed by atoms with Crippen molar-refractivity contribution in [2.75, 3.05) is 0 Å². The zero-order valence-electron chi connectivity index (χ0n) is 12.1. The first-order chi connectivity index (χ1) is 9.02. The Morgan fingerprint density at radius 1 is 1.16 bits per heavy atom. The van der Waals surface area contributed by atoms with Crippen molar-refractivity contribution >= 4 is 0 Å². The van der Waals surface area contributed by atoms with Crippen LogP contribution in [0.1, 0.15) is 42.2 Å². The highest BCUT2D eigenvalue weighted by molar-refractivity contribution is 5.26. The molecule has 0 aliphatic heterocycles. The van der Waals surface area contributed by atoms with Crippen LogP contribution in [0.2, 0.25) is 0 Å². The van der Waals surface area contributed by atoms with Gasteiger partial charge >= 0.3 is 0 Å². The second-order valence-electron chi connectivity index (χ2n) is 5.08. The molecule has 0 aliphatic carbocycles. The van der Waals surface area contributed by atoms with Gasteiger partial charge in [0.15, 0.2) is 0 Å². The third kappa shape index (κ3) is 2.84. The number of nitrogens with two attached hydrogens (primary N) is 1. The first-order valence-corrected chi connectivity index (χ1v) is 6.74. The summed E-state index contributed by atoms with van der Waals surface area (Å²) >= 11 is 0. The van der Waals surface area contributed by atoms with Gasteiger partial charge in [0.05, 0.1) is 6.04 Å². The van der Waals surface area contributed by atoms with Crippen LogP contribution in [0.15, 0.2) is 24.3 Å². The minimum absolute atomic E-state index is 0.0301. The summed E-state index contributed by atoms with van der Waals surface area (Å²) in [6, 6.07) is 8.57. The summed E-state index contributed by atoms with van der Waals surface area (Å²) in [5.41, 5.74) is 8.75. The molecule has 0 aliphatic rings. The van der Waals surface area contributed by atoms with Crippen LogP contribution in [0.25, 0.3) is 0 Å². The number of hydrogen-bond acceptors (Lipinski definition) is 3. The van der Waals surface area contributed by atoms with E-state index in [9.17, 15) is 0 Å². The minimum Gasteiger partial charge on any atom is -0.326 e. The molecule has 0 fully saturated rings. The molecule has 0 saturated carbocycles. The van der Waals surface area contributed by atoms with Crippen LogP contribution in [0, 0.1) is 20.8 Å². The lowest BCUT2D eigenvalue weighted by atomic mass is 9.97. The Kier molecular flexibility index (Phi) is 4.00. The molecule has 0 amide bonds. The molecule has 1 aromatic heterocycles. The molecule has 2 rings (SSSR count). The number of rotatable bonds is 4. The van der Waals surface area contributed by atoms with E-state index in [1.165, 1.54) is 11.1 Å². The Morgan fingerprint density at radius 2 is 1.79 bits per heavy atom. The standard InChI is InChI=1S/C15H22N4/c1-5-14(16)15(13-8-6-10(2)7-9-13)19-12(4)17-11(3)18-19/h6-9,14-15H,5,16H2,1-4H3. The molecular weight excluding hydrogens is 236 g/mol. The molecular formula is C15H22N4. The van der Waals surface area contributed by atoms with E-state index in [1.54, 1.807) is 0 Å². The molecule has 19 heavy (non-hydrogen) atoms. The summed E-state index contributed by atoms with van der Waals surface area (Å²) in [6.07, 6.45) is 0.900. The highest BCUT2D eigenvalue weighted by atomic mass is 15.4. The highest BCUT2D eigenvalue weighted by Crippen LogP contribution is 2.23. The van der Waals surface area contributed by atoms with E-state index >= 15 is 0 Å². The van der Waals surface area contributed by atoms with Crippen LogP contribution in [-0.2, 0) is 0 Å². The van der Waals surface area contributed by atoms with Gasteiger partial charge in [-0.2, -0.15) is 5.10 Å². The van der Waals surface area contributed by atoms with E-state index in [0.717, 1.165) is 18.1 Å². The fourth-order valence-corrected chi connectivity index (χ4v) is 2.36. The summed E-state index contributed by atoms with van der Waals surface area (Å²) in [4.78, 5) is 4.39. The second-order valence-corrected chi connectivity index (χ2v) is 5.08. The number of aryl methyl sites for hydroxylation is 3. The Labute approximate surface area is 114 Å². The predicted molar refractivity (Wildman–Crippen MR) is 77.1 cm³/mol. The van der Waals surface area contributed by atoms with Crippen LogP contribution in [-0.4, -0.2) is 20.8 Å². The SMILES string of the molecule is CCC(N)C(c1ccc(C)cc1)n1nc(C)nc1C. The lowest BCUT2D eigenvalue weighted by Crippen LogP contribution is -2.33. The fraction of sp³-hybridized carbons (Fsp3) is 0.467. The minimum atomic E-state index is 0.0301. The largest absolute Gasteiger partial charge is 0.326 e. The van der Waals surface area contributed by atoms with Crippen molar-refractivity contribution in [1.29, 1.82) is 0 Å². The van der Waals surface area contributed by atoms with E-state index in [1.807, 2.05) is 18.5 Å². The maximum absolute atomic E-state index is 6.31. The summed E-state index contributed by atoms with van der Waals surface area (Å²) in [5, 5.41) is 4.50. The Hall–Kier alpha value is -1.68. The van der Waals surface area contributed by atoms with E-state index in [0.29, 0.717) is 0 Å². The van der Waals surface area contributed by atoms with Crippen molar-refractivity contribution in [3.05, 3.63) is 47.0 Å². The lowest BCUT2D eigenvalue weighted by Gasteiger charge is -2.24. The van der Waals surface area contributed by atoms with Crippen molar-refractivity contribution in [1.82, 2.24) is 14.8 Å². The third-order valence-corrected chi connectivity index (χ3v) is 3.47. The monoisotopic (exact) mass is 258 g/mol. The zero-order valence-corrected chi connectivity index (χ0v) is 12.1. The Morgan fingerprint density at radius 3 is 2.26 bits per heavy atom. The molecule has 2 atom stereocenters. The average Bonchev–Trinajstić information content (AvgIpc) is 2.71. The molecule has 102 valence electrons. The number of benzene rings is 1. The van der Waals surface area contributed by atoms with E-state index in [2.05, 4.69) is 48.2 Å². The maximum Gasteiger partial charge on any atom is 0.147 e. The first kappa shape index (κ1) is 13.7. The van der Waals surface area contributed by atoms with Crippen molar-refractivity contribution in [3.8, 4) is 0 Å². The molecule has 0 radical (unpaired) electrons. The van der Waals surface area contributed by atoms with Crippen molar-refractivity contribution in [2.45, 2.75) is 46.2 Å². The topological polar surface area (TPSA) is 56.7 Å². The van der Waals surface area contributed by atoms with Crippen LogP contribution in [0.3, 0.4) is 0 Å². The van der Waals surface area contributed by atoms with Gasteiger partial charge in [-0.1, -0.05) is 36.8 Å². The summed E-state index contributed by atoms with van der Waals surface area (Å²) < 4.78 is 1.95. The molecule has 2 aromatic rings. The molecule has 0 saturated heterocycles. The molecule has 0 spiro atoms. The van der Waals surface area contributed by atoms with Gasteiger partial charge in [0.25, 0.3) is 0 Å². The van der Waals surface area contributed by atoms with Gasteiger partial charge in [0.1, 0.15) is 11.6 Å². The number of nitrogens with zero attached hydrogens (tertiary/aromatic N) is 3. The third-order valence-electron chi connectivity index (χ3n) is 3.47. The maximum atomic E-state index is 6.31. The van der Waals surface area contributed by atoms with Crippen molar-refractivity contribution in [3.63, 3.8) is 0 Å². The molecule has 2 N–H and O–H groups in total. The average molecular weight is 258 g/mol. The molecule has 1 aromatic carbocycles. The predicted octanol–water partition coefficient (Wildman–Crippen LogP) is 2.53. The normalized spacial score (nSPS) is 14.4. The summed E-state index contributed by atoms with van der Waals surface area (Å²) in [6.45, 7) is 8.07. The lowest BCUT2D eigenvalue weighted by molar-refractivity contribution is 0.414. The van der Waals surface area contributed by atoms with Gasteiger partial charge in [-0.25, -0.2) is 9.67 Å². The van der Waals surface area contributed by atoms with Gasteiger partial charge in [-0.15, -0.1) is 0 Å². The van der Waals surface area contributed by atoms with Crippen LogP contribution < -0.4 is 5.73 Å². The van der Waals surface area contributed by atoms with Crippen LogP contribution in [0.5, 0.6) is 0 Å². The highest BCUT2D eigenvalue weighted by Gasteiger charge is 2.23. The smallest absolute Gasteiger partial charge is 0.147 e. The fourth-order valence-electron chi connectivity index (χ4n) is 2.36. The molecule has 2 unspecified atom stereocenters. The van der Waals surface area contributed by atoms with Crippen LogP contribution >= 0.6 is 0 Å². The van der Waals surface area contributed by atoms with Crippen molar-refractivity contribution < 1.29 is 0 Å². The Balaban J connectivity index is 2.47. The zero-order chi connectivity index (χ0) is 14.0. The van der Waals surface area contributed by atoms with E-state index in [-0.39, 0.29) is 12.1 Å². The van der Waals surface area contributed by atoms with Gasteiger partial charge in [-0.3, -0.25) is 0 Å². The summed E-state index contributed by atoms with van der Waals surface area (Å²) in [5.74, 6) is 1.70. The van der Waals surface area contributed by atoms with E-state index < -0.39 is 0 Å². The number of hydrogen-bond donors (Lipinski definition) is 1. The molecule has 4 heteroatoms.